The molecule has 22 heavy (non-hydrogen) atoms. The summed E-state index contributed by atoms with van der Waals surface area (Å²) in [5, 5.41) is 0. The van der Waals surface area contributed by atoms with Gasteiger partial charge >= 0.3 is 0 Å². The zero-order valence-corrected chi connectivity index (χ0v) is 15.5. The first-order valence-electron chi connectivity index (χ1n) is 8.16. The van der Waals surface area contributed by atoms with Gasteiger partial charge in [-0.2, -0.15) is 0 Å². The van der Waals surface area contributed by atoms with Crippen LogP contribution in [-0.4, -0.2) is 21.1 Å². The van der Waals surface area contributed by atoms with Gasteiger partial charge in [0.1, 0.15) is 0 Å². The molecule has 0 atom stereocenters. The fraction of sp³-hybridized carbons (Fsp3) is 0.400. The highest BCUT2D eigenvalue weighted by molar-refractivity contribution is 5.65. The number of aryl methyl sites for hydroxylation is 1. The van der Waals surface area contributed by atoms with Crippen LogP contribution in [0.4, 0.5) is 17.1 Å². The molecule has 0 aliphatic carbocycles. The average molecular weight is 300 g/mol. The van der Waals surface area contributed by atoms with Crippen LogP contribution < -0.4 is 9.80 Å². The van der Waals surface area contributed by atoms with Crippen LogP contribution in [0.2, 0.25) is 0 Å². The SMILES string of the molecule is CC.CC.Cc1ccc(N(C)c2ccc(N(C)C)cc2)cc1. The highest BCUT2D eigenvalue weighted by Gasteiger charge is 2.03. The van der Waals surface area contributed by atoms with Gasteiger partial charge in [0, 0.05) is 38.2 Å². The average Bonchev–Trinajstić information content (AvgIpc) is 2.58. The third-order valence-electron chi connectivity index (χ3n) is 3.17. The van der Waals surface area contributed by atoms with Crippen molar-refractivity contribution in [3.05, 3.63) is 54.1 Å². The molecule has 0 spiro atoms. The molecule has 2 aromatic carbocycles. The lowest BCUT2D eigenvalue weighted by Crippen LogP contribution is -2.11. The molecule has 0 radical (unpaired) electrons. The number of anilines is 3. The summed E-state index contributed by atoms with van der Waals surface area (Å²) in [5.41, 5.74) is 4.91. The van der Waals surface area contributed by atoms with Crippen molar-refractivity contribution in [2.45, 2.75) is 34.6 Å². The topological polar surface area (TPSA) is 6.48 Å². The maximum Gasteiger partial charge on any atom is 0.0409 e. The minimum Gasteiger partial charge on any atom is -0.378 e. The van der Waals surface area contributed by atoms with E-state index in [1.165, 1.54) is 22.6 Å². The van der Waals surface area contributed by atoms with E-state index >= 15 is 0 Å². The maximum absolute atomic E-state index is 2.19. The molecule has 0 aliphatic rings. The Labute approximate surface area is 137 Å². The van der Waals surface area contributed by atoms with Crippen molar-refractivity contribution < 1.29 is 0 Å². The van der Waals surface area contributed by atoms with E-state index in [0.717, 1.165) is 0 Å². The van der Waals surface area contributed by atoms with E-state index in [-0.39, 0.29) is 0 Å². The highest BCUT2D eigenvalue weighted by atomic mass is 15.1. The summed E-state index contributed by atoms with van der Waals surface area (Å²) in [6, 6.07) is 17.1. The Hall–Kier alpha value is -1.96. The predicted octanol–water partition coefficient (Wildman–Crippen LogP) is 5.88. The molecule has 0 aliphatic heterocycles. The molecule has 2 aromatic rings. The maximum atomic E-state index is 2.19. The second-order valence-corrected chi connectivity index (χ2v) is 4.81. The van der Waals surface area contributed by atoms with Crippen LogP contribution >= 0.6 is 0 Å². The number of hydrogen-bond acceptors (Lipinski definition) is 2. The summed E-state index contributed by atoms with van der Waals surface area (Å²) in [6.07, 6.45) is 0. The Balaban J connectivity index is 0.00000102. The summed E-state index contributed by atoms with van der Waals surface area (Å²) in [4.78, 5) is 4.30. The van der Waals surface area contributed by atoms with E-state index in [4.69, 9.17) is 0 Å². The zero-order chi connectivity index (χ0) is 17.1. The van der Waals surface area contributed by atoms with Crippen molar-refractivity contribution in [2.24, 2.45) is 0 Å². The van der Waals surface area contributed by atoms with Gasteiger partial charge in [0.05, 0.1) is 0 Å². The molecule has 0 saturated heterocycles. The lowest BCUT2D eigenvalue weighted by Gasteiger charge is -2.21. The first-order chi connectivity index (χ1) is 10.6. The van der Waals surface area contributed by atoms with Gasteiger partial charge in [-0.1, -0.05) is 45.4 Å². The summed E-state index contributed by atoms with van der Waals surface area (Å²) in [7, 11) is 6.20. The van der Waals surface area contributed by atoms with E-state index in [0.29, 0.717) is 0 Å². The van der Waals surface area contributed by atoms with Crippen LogP contribution in [0, 0.1) is 6.92 Å². The lowest BCUT2D eigenvalue weighted by molar-refractivity contribution is 1.13. The van der Waals surface area contributed by atoms with E-state index in [9.17, 15) is 0 Å². The first-order valence-corrected chi connectivity index (χ1v) is 8.16. The molecule has 0 heterocycles. The van der Waals surface area contributed by atoms with Crippen molar-refractivity contribution in [3.63, 3.8) is 0 Å². The van der Waals surface area contributed by atoms with Gasteiger partial charge in [-0.15, -0.1) is 0 Å². The molecule has 0 aromatic heterocycles. The molecular formula is C20H32N2. The van der Waals surface area contributed by atoms with Crippen molar-refractivity contribution in [2.75, 3.05) is 30.9 Å². The van der Waals surface area contributed by atoms with E-state index in [1.807, 2.05) is 27.7 Å². The fourth-order valence-electron chi connectivity index (χ4n) is 1.89. The normalized spacial score (nSPS) is 8.91. The molecule has 122 valence electrons. The second-order valence-electron chi connectivity index (χ2n) is 4.81. The molecule has 0 N–H and O–H groups in total. The van der Waals surface area contributed by atoms with Crippen molar-refractivity contribution in [1.29, 1.82) is 0 Å². The number of rotatable bonds is 3. The van der Waals surface area contributed by atoms with Crippen LogP contribution in [0.25, 0.3) is 0 Å². The summed E-state index contributed by atoms with van der Waals surface area (Å²) < 4.78 is 0. The van der Waals surface area contributed by atoms with E-state index < -0.39 is 0 Å². The molecule has 0 bridgehead atoms. The summed E-state index contributed by atoms with van der Waals surface area (Å²) in [6.45, 7) is 10.1. The van der Waals surface area contributed by atoms with Gasteiger partial charge in [-0.05, 0) is 43.3 Å². The Morgan fingerprint density at radius 3 is 1.23 bits per heavy atom. The summed E-state index contributed by atoms with van der Waals surface area (Å²) >= 11 is 0. The monoisotopic (exact) mass is 300 g/mol. The van der Waals surface area contributed by atoms with Crippen LogP contribution in [0.5, 0.6) is 0 Å². The summed E-state index contributed by atoms with van der Waals surface area (Å²) in [5.74, 6) is 0. The molecule has 2 rings (SSSR count). The predicted molar refractivity (Wildman–Crippen MR) is 103 cm³/mol. The van der Waals surface area contributed by atoms with Gasteiger partial charge < -0.3 is 9.80 Å². The molecule has 0 unspecified atom stereocenters. The molecule has 0 fully saturated rings. The second kappa shape index (κ2) is 10.7. The van der Waals surface area contributed by atoms with Crippen LogP contribution in [0.15, 0.2) is 48.5 Å². The first kappa shape index (κ1) is 20.0. The molecule has 2 nitrogen and oxygen atoms in total. The lowest BCUT2D eigenvalue weighted by atomic mass is 10.2. The fourth-order valence-corrected chi connectivity index (χ4v) is 1.89. The van der Waals surface area contributed by atoms with Crippen molar-refractivity contribution in [1.82, 2.24) is 0 Å². The van der Waals surface area contributed by atoms with E-state index in [2.05, 4.69) is 86.4 Å². The van der Waals surface area contributed by atoms with Crippen molar-refractivity contribution >= 4 is 17.1 Å². The zero-order valence-electron chi connectivity index (χ0n) is 15.5. The van der Waals surface area contributed by atoms with Crippen molar-refractivity contribution in [3.8, 4) is 0 Å². The minimum absolute atomic E-state index is 1.20. The van der Waals surface area contributed by atoms with Gasteiger partial charge in [-0.25, -0.2) is 0 Å². The van der Waals surface area contributed by atoms with Crippen LogP contribution in [0.1, 0.15) is 33.3 Å². The standard InChI is InChI=1S/C16H20N2.2C2H6/c1-13-5-7-15(8-6-13)18(4)16-11-9-14(10-12-16)17(2)3;2*1-2/h5-12H,1-4H3;2*1-2H3. The Kier molecular flexibility index (Phi) is 9.77. The highest BCUT2D eigenvalue weighted by Crippen LogP contribution is 2.25. The smallest absolute Gasteiger partial charge is 0.0409 e. The Morgan fingerprint density at radius 1 is 0.545 bits per heavy atom. The third kappa shape index (κ3) is 5.80. The van der Waals surface area contributed by atoms with Gasteiger partial charge in [0.25, 0.3) is 0 Å². The largest absolute Gasteiger partial charge is 0.378 e. The third-order valence-corrected chi connectivity index (χ3v) is 3.17. The number of hydrogen-bond donors (Lipinski definition) is 0. The minimum atomic E-state index is 1.20. The van der Waals surface area contributed by atoms with Gasteiger partial charge in [0.2, 0.25) is 0 Å². The van der Waals surface area contributed by atoms with E-state index in [1.54, 1.807) is 0 Å². The number of nitrogens with zero attached hydrogens (tertiary/aromatic N) is 2. The molecule has 0 amide bonds. The molecular weight excluding hydrogens is 268 g/mol. The number of benzene rings is 2. The van der Waals surface area contributed by atoms with Gasteiger partial charge in [-0.3, -0.25) is 0 Å². The Bertz CT molecular complexity index is 498. The molecule has 0 saturated carbocycles. The van der Waals surface area contributed by atoms with Gasteiger partial charge in [0.15, 0.2) is 0 Å². The Morgan fingerprint density at radius 2 is 0.864 bits per heavy atom. The van der Waals surface area contributed by atoms with Crippen LogP contribution in [-0.2, 0) is 0 Å². The van der Waals surface area contributed by atoms with Crippen LogP contribution in [0.3, 0.4) is 0 Å². The quantitative estimate of drug-likeness (QED) is 0.698. The molecule has 2 heteroatoms.